The van der Waals surface area contributed by atoms with Gasteiger partial charge < -0.3 is 5.32 Å². The molecule has 0 aliphatic carbocycles. The van der Waals surface area contributed by atoms with E-state index in [4.69, 9.17) is 23.2 Å². The second kappa shape index (κ2) is 6.71. The molecule has 3 N–H and O–H groups in total. The van der Waals surface area contributed by atoms with Gasteiger partial charge in [-0.15, -0.1) is 0 Å². The summed E-state index contributed by atoms with van der Waals surface area (Å²) < 4.78 is 27.0. The van der Waals surface area contributed by atoms with Crippen LogP contribution in [0.3, 0.4) is 0 Å². The second-order valence-corrected chi connectivity index (χ2v) is 6.71. The molecule has 0 amide bonds. The summed E-state index contributed by atoms with van der Waals surface area (Å²) in [7, 11) is -2.04. The van der Waals surface area contributed by atoms with Crippen LogP contribution in [0, 0.1) is 0 Å². The Balaban J connectivity index is 2.28. The fraction of sp³-hybridized carbons (Fsp3) is 0.273. The Morgan fingerprint density at radius 1 is 1.24 bits per heavy atom. The van der Waals surface area contributed by atoms with E-state index < -0.39 is 10.0 Å². The molecular formula is C11H13Cl2N5O2S. The highest BCUT2D eigenvalue weighted by Crippen LogP contribution is 2.28. The van der Waals surface area contributed by atoms with Gasteiger partial charge in [0.25, 0.3) is 0 Å². The van der Waals surface area contributed by atoms with Crippen molar-refractivity contribution in [1.82, 2.24) is 25.2 Å². The summed E-state index contributed by atoms with van der Waals surface area (Å²) >= 11 is 12.0. The first-order valence-corrected chi connectivity index (χ1v) is 8.14. The minimum absolute atomic E-state index is 0.0113. The number of nitrogens with zero attached hydrogens (tertiary/aromatic N) is 2. The van der Waals surface area contributed by atoms with Crippen molar-refractivity contribution >= 4 is 33.2 Å². The van der Waals surface area contributed by atoms with Gasteiger partial charge in [-0.2, -0.15) is 5.10 Å². The minimum Gasteiger partial charge on any atom is -0.316 e. The van der Waals surface area contributed by atoms with Crippen molar-refractivity contribution in [2.45, 2.75) is 18.0 Å². The molecule has 10 heteroatoms. The summed E-state index contributed by atoms with van der Waals surface area (Å²) in [5.74, 6) is 0.402. The lowest BCUT2D eigenvalue weighted by Crippen LogP contribution is -2.24. The molecule has 1 aromatic carbocycles. The van der Waals surface area contributed by atoms with Gasteiger partial charge in [0.2, 0.25) is 10.0 Å². The average Bonchev–Trinajstić information content (AvgIpc) is 2.93. The maximum Gasteiger partial charge on any atom is 0.242 e. The predicted octanol–water partition coefficient (Wildman–Crippen LogP) is 1.31. The van der Waals surface area contributed by atoms with Crippen LogP contribution in [0.2, 0.25) is 10.0 Å². The molecule has 0 saturated heterocycles. The Kier molecular flexibility index (Phi) is 5.17. The molecule has 0 saturated carbocycles. The minimum atomic E-state index is -3.78. The zero-order valence-corrected chi connectivity index (χ0v) is 13.3. The monoisotopic (exact) mass is 349 g/mol. The van der Waals surface area contributed by atoms with E-state index in [1.165, 1.54) is 18.5 Å². The highest BCUT2D eigenvalue weighted by Gasteiger charge is 2.20. The zero-order valence-electron chi connectivity index (χ0n) is 11.0. The third kappa shape index (κ3) is 3.92. The first kappa shape index (κ1) is 16.2. The van der Waals surface area contributed by atoms with E-state index >= 15 is 0 Å². The summed E-state index contributed by atoms with van der Waals surface area (Å²) in [6, 6.07) is 2.86. The zero-order chi connectivity index (χ0) is 15.5. The number of rotatable bonds is 6. The molecule has 0 atom stereocenters. The molecule has 2 rings (SSSR count). The van der Waals surface area contributed by atoms with Crippen LogP contribution in [0.25, 0.3) is 0 Å². The number of hydrogen-bond acceptors (Lipinski definition) is 5. The highest BCUT2D eigenvalue weighted by molar-refractivity contribution is 7.89. The average molecular weight is 350 g/mol. The topological polar surface area (TPSA) is 99.8 Å². The summed E-state index contributed by atoms with van der Waals surface area (Å²) in [6.07, 6.45) is 1.30. The maximum absolute atomic E-state index is 12.3. The molecule has 2 aromatic rings. The van der Waals surface area contributed by atoms with Crippen LogP contribution in [0.15, 0.2) is 23.4 Å². The Morgan fingerprint density at radius 2 is 2.00 bits per heavy atom. The summed E-state index contributed by atoms with van der Waals surface area (Å²) in [6.45, 7) is 0.420. The number of halogens is 2. The van der Waals surface area contributed by atoms with Gasteiger partial charge in [-0.3, -0.25) is 5.10 Å². The number of aromatic nitrogens is 3. The first-order valence-electron chi connectivity index (χ1n) is 5.90. The van der Waals surface area contributed by atoms with Gasteiger partial charge in [0.1, 0.15) is 17.0 Å². The number of hydrogen-bond donors (Lipinski definition) is 3. The molecule has 0 radical (unpaired) electrons. The molecule has 114 valence electrons. The molecule has 21 heavy (non-hydrogen) atoms. The van der Waals surface area contributed by atoms with E-state index in [2.05, 4.69) is 25.2 Å². The van der Waals surface area contributed by atoms with E-state index in [1.54, 1.807) is 7.05 Å². The number of H-pyrrole nitrogens is 1. The number of sulfonamides is 1. The van der Waals surface area contributed by atoms with Crippen LogP contribution >= 0.6 is 23.2 Å². The lowest BCUT2D eigenvalue weighted by molar-refractivity contribution is 0.579. The molecule has 0 unspecified atom stereocenters. The Hall–Kier alpha value is -1.19. The third-order valence-electron chi connectivity index (χ3n) is 2.65. The van der Waals surface area contributed by atoms with Gasteiger partial charge in [-0.25, -0.2) is 18.1 Å². The van der Waals surface area contributed by atoms with E-state index in [-0.39, 0.29) is 16.5 Å². The van der Waals surface area contributed by atoms with Crippen molar-refractivity contribution in [2.75, 3.05) is 7.05 Å². The lowest BCUT2D eigenvalue weighted by Gasteiger charge is -2.11. The van der Waals surface area contributed by atoms with E-state index in [9.17, 15) is 8.42 Å². The normalized spacial score (nSPS) is 11.8. The van der Waals surface area contributed by atoms with Gasteiger partial charge in [0.15, 0.2) is 0 Å². The third-order valence-corrected chi connectivity index (χ3v) is 4.87. The van der Waals surface area contributed by atoms with Crippen LogP contribution in [-0.2, 0) is 23.1 Å². The molecule has 0 aliphatic rings. The largest absolute Gasteiger partial charge is 0.316 e. The van der Waals surface area contributed by atoms with Crippen molar-refractivity contribution in [3.05, 3.63) is 39.9 Å². The molecule has 1 aromatic heterocycles. The van der Waals surface area contributed by atoms with Gasteiger partial charge in [-0.1, -0.05) is 23.2 Å². The summed E-state index contributed by atoms with van der Waals surface area (Å²) in [4.78, 5) is 3.81. The van der Waals surface area contributed by atoms with E-state index in [0.717, 1.165) is 0 Å². The fourth-order valence-electron chi connectivity index (χ4n) is 1.66. The number of nitrogens with one attached hydrogen (secondary N) is 3. The highest BCUT2D eigenvalue weighted by atomic mass is 35.5. The van der Waals surface area contributed by atoms with E-state index in [0.29, 0.717) is 23.0 Å². The van der Waals surface area contributed by atoms with Crippen molar-refractivity contribution in [2.24, 2.45) is 0 Å². The standard InChI is InChI=1S/C11H13Cl2N5O2S/c1-14-4-7-2-10(9(13)3-8(7)12)21(19,20)17-5-11-15-6-16-18-11/h2-3,6,14,17H,4-5H2,1H3,(H,15,16,18). The van der Waals surface area contributed by atoms with Crippen LogP contribution in [-0.4, -0.2) is 30.6 Å². The number of benzene rings is 1. The Labute approximate surface area is 132 Å². The molecule has 0 spiro atoms. The Bertz CT molecular complexity index is 718. The molecule has 0 fully saturated rings. The summed E-state index contributed by atoms with van der Waals surface area (Å²) in [5.41, 5.74) is 0.642. The van der Waals surface area contributed by atoms with Crippen molar-refractivity contribution in [3.63, 3.8) is 0 Å². The van der Waals surface area contributed by atoms with Crippen molar-refractivity contribution in [1.29, 1.82) is 0 Å². The Morgan fingerprint density at radius 3 is 2.62 bits per heavy atom. The van der Waals surface area contributed by atoms with Gasteiger partial charge in [-0.05, 0) is 24.7 Å². The molecule has 1 heterocycles. The van der Waals surface area contributed by atoms with Crippen LogP contribution in [0.1, 0.15) is 11.4 Å². The van der Waals surface area contributed by atoms with Crippen LogP contribution in [0.4, 0.5) is 0 Å². The first-order chi connectivity index (χ1) is 9.94. The fourth-order valence-corrected chi connectivity index (χ4v) is 3.51. The van der Waals surface area contributed by atoms with Gasteiger partial charge in [0, 0.05) is 11.6 Å². The van der Waals surface area contributed by atoms with Crippen LogP contribution in [0.5, 0.6) is 0 Å². The van der Waals surface area contributed by atoms with Crippen molar-refractivity contribution < 1.29 is 8.42 Å². The predicted molar refractivity (Wildman–Crippen MR) is 79.6 cm³/mol. The molecule has 7 nitrogen and oxygen atoms in total. The van der Waals surface area contributed by atoms with Crippen LogP contribution < -0.4 is 10.0 Å². The smallest absolute Gasteiger partial charge is 0.242 e. The molecule has 0 bridgehead atoms. The second-order valence-electron chi connectivity index (χ2n) is 4.16. The molecule has 0 aliphatic heterocycles. The maximum atomic E-state index is 12.3. The van der Waals surface area contributed by atoms with Crippen molar-refractivity contribution in [3.8, 4) is 0 Å². The lowest BCUT2D eigenvalue weighted by atomic mass is 10.2. The molecular weight excluding hydrogens is 337 g/mol. The summed E-state index contributed by atoms with van der Waals surface area (Å²) in [5, 5.41) is 9.58. The SMILES string of the molecule is CNCc1cc(S(=O)(=O)NCc2ncn[nH]2)c(Cl)cc1Cl. The van der Waals surface area contributed by atoms with Gasteiger partial charge in [0.05, 0.1) is 11.6 Å². The van der Waals surface area contributed by atoms with E-state index in [1.807, 2.05) is 0 Å². The quantitative estimate of drug-likeness (QED) is 0.729. The number of aromatic amines is 1. The van der Waals surface area contributed by atoms with Gasteiger partial charge >= 0.3 is 0 Å².